The summed E-state index contributed by atoms with van der Waals surface area (Å²) < 4.78 is 59.4. The molecule has 1 atom stereocenters. The summed E-state index contributed by atoms with van der Waals surface area (Å²) in [6, 6.07) is 6.00. The van der Waals surface area contributed by atoms with Crippen molar-refractivity contribution in [3.8, 4) is 0 Å². The number of ether oxygens (including phenoxy) is 1. The highest BCUT2D eigenvalue weighted by Gasteiger charge is 2.26. The quantitative estimate of drug-likeness (QED) is 0.171. The number of esters is 1. The molecule has 10 heteroatoms. The topological polar surface area (TPSA) is 71.8 Å². The predicted molar refractivity (Wildman–Crippen MR) is 131 cm³/mol. The molecule has 2 aromatic carbocycles. The number of rotatable bonds is 11. The Morgan fingerprint density at radius 1 is 1.09 bits per heavy atom. The second kappa shape index (κ2) is 11.8. The van der Waals surface area contributed by atoms with Crippen molar-refractivity contribution in [2.75, 3.05) is 10.9 Å². The van der Waals surface area contributed by atoms with Gasteiger partial charge in [0.1, 0.15) is 11.6 Å². The summed E-state index contributed by atoms with van der Waals surface area (Å²) in [5.74, 6) is -2.23. The molecule has 3 rings (SSSR count). The first-order chi connectivity index (χ1) is 16.3. The van der Waals surface area contributed by atoms with Crippen LogP contribution in [-0.2, 0) is 22.5 Å². The highest BCUT2D eigenvalue weighted by molar-refractivity contribution is 7.81. The molecule has 1 unspecified atom stereocenters. The molecule has 6 nitrogen and oxygen atoms in total. The summed E-state index contributed by atoms with van der Waals surface area (Å²) in [5.41, 5.74) is 0.362. The normalized spacial score (nSPS) is 12.2. The molecule has 0 aliphatic carbocycles. The van der Waals surface area contributed by atoms with E-state index in [1.54, 1.807) is 13.1 Å². The van der Waals surface area contributed by atoms with Gasteiger partial charge < -0.3 is 9.30 Å². The van der Waals surface area contributed by atoms with Crippen molar-refractivity contribution in [3.63, 3.8) is 0 Å². The Hall–Kier alpha value is -2.49. The molecule has 0 saturated carbocycles. The first-order valence-corrected chi connectivity index (χ1v) is 12.6. The van der Waals surface area contributed by atoms with E-state index in [9.17, 15) is 22.3 Å². The average molecular weight is 513 g/mol. The second-order valence-corrected chi connectivity index (χ2v) is 9.05. The lowest BCUT2D eigenvalue weighted by Gasteiger charge is -2.20. The van der Waals surface area contributed by atoms with Gasteiger partial charge in [-0.25, -0.2) is 22.1 Å². The number of hydrogen-bond acceptors (Lipinski definition) is 3. The maximum Gasteiger partial charge on any atom is 0.338 e. The zero-order chi connectivity index (χ0) is 24.8. The minimum Gasteiger partial charge on any atom is -0.462 e. The Morgan fingerprint density at radius 3 is 2.50 bits per heavy atom. The summed E-state index contributed by atoms with van der Waals surface area (Å²) in [7, 11) is 0. The Kier molecular flexibility index (Phi) is 9.04. The molecule has 1 heterocycles. The van der Waals surface area contributed by atoms with Gasteiger partial charge in [0.25, 0.3) is 11.3 Å². The molecule has 0 aliphatic heterocycles. The van der Waals surface area contributed by atoms with E-state index in [2.05, 4.69) is 6.92 Å². The van der Waals surface area contributed by atoms with Gasteiger partial charge >= 0.3 is 5.97 Å². The molecule has 1 N–H and O–H groups in total. The molecule has 0 amide bonds. The predicted octanol–water partition coefficient (Wildman–Crippen LogP) is 6.99. The molecule has 0 bridgehead atoms. The van der Waals surface area contributed by atoms with Crippen LogP contribution in [0.4, 0.5) is 20.2 Å². The highest BCUT2D eigenvalue weighted by Crippen LogP contribution is 2.38. The number of hydrogen-bond donors (Lipinski definition) is 1. The van der Waals surface area contributed by atoms with Crippen molar-refractivity contribution in [1.29, 1.82) is 0 Å². The fourth-order valence-corrected chi connectivity index (χ4v) is 4.59. The van der Waals surface area contributed by atoms with Gasteiger partial charge in [0.05, 0.1) is 34.1 Å². The standard InChI is InChI=1S/C24H27ClF2N2O4S/c1-3-5-6-7-8-11-28-15-23(17-13-20(27)18(25)14-21(17)28)29(34(31)32)22-12-16(9-10-19(22)26)24(30)33-4-2/h9-10,12-15H,3-8,11H2,1-2H3,(H,31,32). The van der Waals surface area contributed by atoms with Crippen molar-refractivity contribution in [2.24, 2.45) is 0 Å². The number of carbonyl (C=O) groups is 1. The van der Waals surface area contributed by atoms with Crippen LogP contribution in [0.3, 0.4) is 0 Å². The molecule has 3 aromatic rings. The zero-order valence-electron chi connectivity index (χ0n) is 19.0. The number of unbranched alkanes of at least 4 members (excludes halogenated alkanes) is 4. The summed E-state index contributed by atoms with van der Waals surface area (Å²) in [5, 5.41) is 0.204. The monoisotopic (exact) mass is 512 g/mol. The van der Waals surface area contributed by atoms with Crippen LogP contribution in [0, 0.1) is 11.6 Å². The third-order valence-corrected chi connectivity index (χ3v) is 6.45. The maximum atomic E-state index is 14.8. The third kappa shape index (κ3) is 5.76. The molecule has 184 valence electrons. The zero-order valence-corrected chi connectivity index (χ0v) is 20.6. The molecule has 34 heavy (non-hydrogen) atoms. The fraction of sp³-hybridized carbons (Fsp3) is 0.375. The number of aromatic nitrogens is 1. The van der Waals surface area contributed by atoms with Gasteiger partial charge in [0.15, 0.2) is 0 Å². The van der Waals surface area contributed by atoms with Gasteiger partial charge in [-0.15, -0.1) is 0 Å². The number of anilines is 2. The smallest absolute Gasteiger partial charge is 0.338 e. The van der Waals surface area contributed by atoms with Crippen LogP contribution in [0.1, 0.15) is 56.3 Å². The van der Waals surface area contributed by atoms with Crippen molar-refractivity contribution >= 4 is 51.1 Å². The second-order valence-electron chi connectivity index (χ2n) is 7.82. The van der Waals surface area contributed by atoms with Gasteiger partial charge in [0, 0.05) is 18.1 Å². The number of carbonyl (C=O) groups excluding carboxylic acids is 1. The molecular formula is C24H27ClF2N2O4S. The lowest BCUT2D eigenvalue weighted by molar-refractivity contribution is 0.0526. The Morgan fingerprint density at radius 2 is 1.82 bits per heavy atom. The summed E-state index contributed by atoms with van der Waals surface area (Å²) in [6.45, 7) is 4.45. The maximum absolute atomic E-state index is 14.8. The lowest BCUT2D eigenvalue weighted by Crippen LogP contribution is -2.21. The highest BCUT2D eigenvalue weighted by atomic mass is 35.5. The van der Waals surface area contributed by atoms with Gasteiger partial charge in [-0.2, -0.15) is 0 Å². The molecule has 0 saturated heterocycles. The molecule has 0 fully saturated rings. The first-order valence-electron chi connectivity index (χ1n) is 11.1. The van der Waals surface area contributed by atoms with Gasteiger partial charge in [-0.3, -0.25) is 4.55 Å². The van der Waals surface area contributed by atoms with E-state index in [1.807, 2.05) is 4.57 Å². The van der Waals surface area contributed by atoms with Crippen LogP contribution in [0.5, 0.6) is 0 Å². The molecule has 0 aliphatic rings. The third-order valence-electron chi connectivity index (χ3n) is 5.46. The number of halogens is 3. The number of benzene rings is 2. The minimum atomic E-state index is -2.73. The van der Waals surface area contributed by atoms with E-state index in [4.69, 9.17) is 16.3 Å². The molecule has 0 spiro atoms. The summed E-state index contributed by atoms with van der Waals surface area (Å²) >= 11 is 3.29. The minimum absolute atomic E-state index is 0.0163. The number of nitrogens with zero attached hydrogens (tertiary/aromatic N) is 2. The van der Waals surface area contributed by atoms with Gasteiger partial charge in [-0.05, 0) is 43.7 Å². The SMILES string of the molecule is CCCCCCCn1cc(N(c2cc(C(=O)OCC)ccc2F)S(=O)O)c2cc(F)c(Cl)cc21. The Labute approximate surface area is 204 Å². The first kappa shape index (κ1) is 26.1. The molecular weight excluding hydrogens is 486 g/mol. The van der Waals surface area contributed by atoms with Gasteiger partial charge in [-0.1, -0.05) is 44.2 Å². The number of aryl methyl sites for hydroxylation is 1. The van der Waals surface area contributed by atoms with Crippen LogP contribution in [0.15, 0.2) is 36.5 Å². The van der Waals surface area contributed by atoms with Crippen LogP contribution in [0.2, 0.25) is 5.02 Å². The number of fused-ring (bicyclic) bond motifs is 1. The van der Waals surface area contributed by atoms with E-state index in [0.29, 0.717) is 17.4 Å². The average Bonchev–Trinajstić information content (AvgIpc) is 3.12. The van der Waals surface area contributed by atoms with E-state index in [1.165, 1.54) is 12.1 Å². The van der Waals surface area contributed by atoms with Crippen LogP contribution < -0.4 is 4.31 Å². The summed E-state index contributed by atoms with van der Waals surface area (Å²) in [4.78, 5) is 12.2. The molecule has 0 radical (unpaired) electrons. The Balaban J connectivity index is 2.11. The van der Waals surface area contributed by atoms with Crippen molar-refractivity contribution in [3.05, 3.63) is 58.7 Å². The van der Waals surface area contributed by atoms with Crippen LogP contribution >= 0.6 is 11.6 Å². The molecule has 1 aromatic heterocycles. The van der Waals surface area contributed by atoms with Crippen LogP contribution in [0.25, 0.3) is 10.9 Å². The largest absolute Gasteiger partial charge is 0.462 e. The van der Waals surface area contributed by atoms with E-state index in [-0.39, 0.29) is 28.6 Å². The van der Waals surface area contributed by atoms with Crippen molar-refractivity contribution in [1.82, 2.24) is 4.57 Å². The van der Waals surface area contributed by atoms with E-state index in [0.717, 1.165) is 54.6 Å². The van der Waals surface area contributed by atoms with Crippen LogP contribution in [-0.4, -0.2) is 25.9 Å². The Bertz CT molecular complexity index is 1200. The summed E-state index contributed by atoms with van der Waals surface area (Å²) in [6.07, 6.45) is 6.72. The lowest BCUT2D eigenvalue weighted by atomic mass is 10.1. The van der Waals surface area contributed by atoms with Crippen molar-refractivity contribution in [2.45, 2.75) is 52.5 Å². The van der Waals surface area contributed by atoms with E-state index < -0.39 is 28.9 Å². The van der Waals surface area contributed by atoms with Crippen molar-refractivity contribution < 1.29 is 27.1 Å². The fourth-order valence-electron chi connectivity index (χ4n) is 3.81. The van der Waals surface area contributed by atoms with E-state index >= 15 is 0 Å². The van der Waals surface area contributed by atoms with Gasteiger partial charge in [0.2, 0.25) is 0 Å².